The SMILES string of the molecule is CN(Cc1cc(F)c(F)c(F)c1)C(=O)[C@H](N)c1ccccc1. The van der Waals surface area contributed by atoms with Crippen molar-refractivity contribution >= 4 is 5.91 Å². The molecule has 1 atom stereocenters. The van der Waals surface area contributed by atoms with Crippen molar-refractivity contribution in [3.63, 3.8) is 0 Å². The summed E-state index contributed by atoms with van der Waals surface area (Å²) in [6.45, 7) is -0.0759. The van der Waals surface area contributed by atoms with Gasteiger partial charge in [-0.15, -0.1) is 0 Å². The monoisotopic (exact) mass is 308 g/mol. The Morgan fingerprint density at radius 3 is 2.23 bits per heavy atom. The molecule has 2 N–H and O–H groups in total. The minimum absolute atomic E-state index is 0.0759. The van der Waals surface area contributed by atoms with Gasteiger partial charge in [0.1, 0.15) is 6.04 Å². The first-order valence-electron chi connectivity index (χ1n) is 6.59. The largest absolute Gasteiger partial charge is 0.340 e. The standard InChI is InChI=1S/C16H15F3N2O/c1-21(9-10-7-12(17)14(19)13(18)8-10)16(22)15(20)11-5-3-2-4-6-11/h2-8,15H,9,20H2,1H3/t15-/m1/s1. The zero-order valence-corrected chi connectivity index (χ0v) is 11.9. The number of hydrogen-bond acceptors (Lipinski definition) is 2. The number of carbonyl (C=O) groups excluding carboxylic acids is 1. The zero-order chi connectivity index (χ0) is 16.3. The van der Waals surface area contributed by atoms with Crippen LogP contribution in [0.4, 0.5) is 13.2 Å². The van der Waals surface area contributed by atoms with Crippen LogP contribution < -0.4 is 5.73 Å². The van der Waals surface area contributed by atoms with Gasteiger partial charge in [-0.2, -0.15) is 0 Å². The highest BCUT2D eigenvalue weighted by Crippen LogP contribution is 2.17. The molecule has 0 aliphatic carbocycles. The molecule has 116 valence electrons. The molecule has 2 aromatic rings. The molecule has 0 unspecified atom stereocenters. The van der Waals surface area contributed by atoms with E-state index >= 15 is 0 Å². The van der Waals surface area contributed by atoms with Crippen LogP contribution in [0.25, 0.3) is 0 Å². The van der Waals surface area contributed by atoms with Crippen molar-refractivity contribution in [2.75, 3.05) is 7.05 Å². The van der Waals surface area contributed by atoms with Crippen LogP contribution in [0.2, 0.25) is 0 Å². The van der Waals surface area contributed by atoms with Gasteiger partial charge in [0.25, 0.3) is 0 Å². The Bertz CT molecular complexity index is 653. The average molecular weight is 308 g/mol. The van der Waals surface area contributed by atoms with Gasteiger partial charge in [0, 0.05) is 13.6 Å². The van der Waals surface area contributed by atoms with Crippen LogP contribution in [0, 0.1) is 17.5 Å². The molecule has 0 aromatic heterocycles. The van der Waals surface area contributed by atoms with Crippen molar-refractivity contribution in [2.45, 2.75) is 12.6 Å². The third-order valence-electron chi connectivity index (χ3n) is 3.26. The molecular formula is C16H15F3N2O. The number of benzene rings is 2. The van der Waals surface area contributed by atoms with Crippen LogP contribution in [0.1, 0.15) is 17.2 Å². The lowest BCUT2D eigenvalue weighted by atomic mass is 10.1. The molecule has 0 aliphatic rings. The molecule has 0 aliphatic heterocycles. The Morgan fingerprint density at radius 1 is 1.14 bits per heavy atom. The summed E-state index contributed by atoms with van der Waals surface area (Å²) in [4.78, 5) is 13.5. The number of carbonyl (C=O) groups is 1. The highest BCUT2D eigenvalue weighted by Gasteiger charge is 2.20. The topological polar surface area (TPSA) is 46.3 Å². The van der Waals surface area contributed by atoms with Crippen molar-refractivity contribution < 1.29 is 18.0 Å². The van der Waals surface area contributed by atoms with Gasteiger partial charge in [-0.25, -0.2) is 13.2 Å². The summed E-state index contributed by atoms with van der Waals surface area (Å²) in [5, 5.41) is 0. The van der Waals surface area contributed by atoms with E-state index in [4.69, 9.17) is 5.73 Å². The van der Waals surface area contributed by atoms with E-state index in [1.54, 1.807) is 30.3 Å². The van der Waals surface area contributed by atoms with Gasteiger partial charge in [0.05, 0.1) is 0 Å². The van der Waals surface area contributed by atoms with Crippen LogP contribution in [-0.2, 0) is 11.3 Å². The fourth-order valence-corrected chi connectivity index (χ4v) is 2.09. The quantitative estimate of drug-likeness (QED) is 0.883. The fourth-order valence-electron chi connectivity index (χ4n) is 2.09. The van der Waals surface area contributed by atoms with Gasteiger partial charge in [0.2, 0.25) is 5.91 Å². The zero-order valence-electron chi connectivity index (χ0n) is 11.9. The van der Waals surface area contributed by atoms with Crippen LogP contribution in [0.3, 0.4) is 0 Å². The maximum absolute atomic E-state index is 13.2. The van der Waals surface area contributed by atoms with Crippen LogP contribution >= 0.6 is 0 Å². The summed E-state index contributed by atoms with van der Waals surface area (Å²) in [7, 11) is 1.46. The summed E-state index contributed by atoms with van der Waals surface area (Å²) >= 11 is 0. The molecule has 2 aromatic carbocycles. The van der Waals surface area contributed by atoms with E-state index in [1.165, 1.54) is 11.9 Å². The summed E-state index contributed by atoms with van der Waals surface area (Å²) in [5.74, 6) is -4.51. The molecule has 0 saturated heterocycles. The second-order valence-corrected chi connectivity index (χ2v) is 4.96. The number of likely N-dealkylation sites (N-methyl/N-ethyl adjacent to an activating group) is 1. The first-order valence-corrected chi connectivity index (χ1v) is 6.59. The first-order chi connectivity index (χ1) is 10.4. The van der Waals surface area contributed by atoms with Crippen LogP contribution in [-0.4, -0.2) is 17.9 Å². The van der Waals surface area contributed by atoms with E-state index in [1.807, 2.05) is 0 Å². The molecule has 1 amide bonds. The Hall–Kier alpha value is -2.34. The van der Waals surface area contributed by atoms with E-state index in [9.17, 15) is 18.0 Å². The number of rotatable bonds is 4. The lowest BCUT2D eigenvalue weighted by molar-refractivity contribution is -0.132. The Kier molecular flexibility index (Phi) is 4.82. The van der Waals surface area contributed by atoms with Crippen LogP contribution in [0.15, 0.2) is 42.5 Å². The van der Waals surface area contributed by atoms with Crippen molar-refractivity contribution in [2.24, 2.45) is 5.73 Å². The average Bonchev–Trinajstić information content (AvgIpc) is 2.51. The minimum Gasteiger partial charge on any atom is -0.340 e. The Labute approximate surface area is 126 Å². The molecule has 0 spiro atoms. The van der Waals surface area contributed by atoms with Crippen molar-refractivity contribution in [1.82, 2.24) is 4.90 Å². The van der Waals surface area contributed by atoms with E-state index < -0.39 is 29.4 Å². The number of hydrogen-bond donors (Lipinski definition) is 1. The molecule has 22 heavy (non-hydrogen) atoms. The lowest BCUT2D eigenvalue weighted by Gasteiger charge is -2.21. The molecule has 0 radical (unpaired) electrons. The molecule has 0 bridgehead atoms. The van der Waals surface area contributed by atoms with Gasteiger partial charge >= 0.3 is 0 Å². The summed E-state index contributed by atoms with van der Waals surface area (Å²) in [6, 6.07) is 9.59. The number of amides is 1. The van der Waals surface area contributed by atoms with E-state index in [-0.39, 0.29) is 12.1 Å². The summed E-state index contributed by atoms with van der Waals surface area (Å²) in [6.07, 6.45) is 0. The third kappa shape index (κ3) is 3.46. The van der Waals surface area contributed by atoms with Crippen molar-refractivity contribution in [1.29, 1.82) is 0 Å². The Balaban J connectivity index is 2.12. The van der Waals surface area contributed by atoms with Crippen molar-refractivity contribution in [3.05, 3.63) is 71.0 Å². The van der Waals surface area contributed by atoms with Gasteiger partial charge < -0.3 is 10.6 Å². The second kappa shape index (κ2) is 6.62. The number of nitrogens with two attached hydrogens (primary N) is 1. The van der Waals surface area contributed by atoms with Gasteiger partial charge in [-0.05, 0) is 23.3 Å². The van der Waals surface area contributed by atoms with Gasteiger partial charge in [0.15, 0.2) is 17.5 Å². The lowest BCUT2D eigenvalue weighted by Crippen LogP contribution is -2.35. The normalized spacial score (nSPS) is 12.0. The van der Waals surface area contributed by atoms with Gasteiger partial charge in [-0.1, -0.05) is 30.3 Å². The number of nitrogens with zero attached hydrogens (tertiary/aromatic N) is 1. The smallest absolute Gasteiger partial charge is 0.244 e. The van der Waals surface area contributed by atoms with Gasteiger partial charge in [-0.3, -0.25) is 4.79 Å². The van der Waals surface area contributed by atoms with E-state index in [0.29, 0.717) is 5.56 Å². The maximum Gasteiger partial charge on any atom is 0.244 e. The Morgan fingerprint density at radius 2 is 1.68 bits per heavy atom. The molecule has 0 saturated carbocycles. The molecule has 6 heteroatoms. The first kappa shape index (κ1) is 16.0. The van der Waals surface area contributed by atoms with E-state index in [0.717, 1.165) is 12.1 Å². The van der Waals surface area contributed by atoms with Crippen molar-refractivity contribution in [3.8, 4) is 0 Å². The predicted octanol–water partition coefficient (Wildman–Crippen LogP) is 2.76. The summed E-state index contributed by atoms with van der Waals surface area (Å²) < 4.78 is 39.2. The van der Waals surface area contributed by atoms with E-state index in [2.05, 4.69) is 0 Å². The summed E-state index contributed by atoms with van der Waals surface area (Å²) in [5.41, 5.74) is 6.66. The number of halogens is 3. The molecule has 2 rings (SSSR count). The molecule has 3 nitrogen and oxygen atoms in total. The third-order valence-corrected chi connectivity index (χ3v) is 3.26. The maximum atomic E-state index is 13.2. The van der Waals surface area contributed by atoms with Crippen LogP contribution in [0.5, 0.6) is 0 Å². The fraction of sp³-hybridized carbons (Fsp3) is 0.188. The molecule has 0 fully saturated rings. The highest BCUT2D eigenvalue weighted by molar-refractivity contribution is 5.82. The predicted molar refractivity (Wildman–Crippen MR) is 76.2 cm³/mol. The minimum atomic E-state index is -1.53. The molecule has 0 heterocycles. The highest BCUT2D eigenvalue weighted by atomic mass is 19.2. The second-order valence-electron chi connectivity index (χ2n) is 4.96. The molecular weight excluding hydrogens is 293 g/mol.